The summed E-state index contributed by atoms with van der Waals surface area (Å²) in [7, 11) is 0. The molecule has 1 aliphatic heterocycles. The number of nitrogens with two attached hydrogens (primary N) is 1. The van der Waals surface area contributed by atoms with Crippen LogP contribution in [0.15, 0.2) is 36.9 Å². The highest BCUT2D eigenvalue weighted by Gasteiger charge is 2.45. The Morgan fingerprint density at radius 1 is 1.16 bits per heavy atom. The van der Waals surface area contributed by atoms with Gasteiger partial charge in [-0.05, 0) is 42.7 Å². The van der Waals surface area contributed by atoms with Crippen molar-refractivity contribution in [3.05, 3.63) is 59.3 Å². The largest absolute Gasteiger partial charge is 0.384 e. The fraction of sp³-hybridized carbons (Fsp3) is 0.409. The van der Waals surface area contributed by atoms with Crippen LogP contribution in [0.5, 0.6) is 0 Å². The Bertz CT molecular complexity index is 1130. The smallest absolute Gasteiger partial charge is 0.254 e. The van der Waals surface area contributed by atoms with E-state index in [2.05, 4.69) is 30.3 Å². The monoisotopic (exact) mass is 416 g/mol. The van der Waals surface area contributed by atoms with E-state index in [0.717, 1.165) is 60.5 Å². The van der Waals surface area contributed by atoms with Gasteiger partial charge in [-0.25, -0.2) is 15.0 Å². The predicted molar refractivity (Wildman–Crippen MR) is 114 cm³/mol. The molecule has 158 valence electrons. The first kappa shape index (κ1) is 18.3. The summed E-state index contributed by atoms with van der Waals surface area (Å²) in [5.41, 5.74) is 9.26. The van der Waals surface area contributed by atoms with Crippen molar-refractivity contribution in [2.24, 2.45) is 11.8 Å². The molecule has 0 bridgehead atoms. The van der Waals surface area contributed by atoms with Crippen LogP contribution in [0.1, 0.15) is 46.1 Å². The van der Waals surface area contributed by atoms with E-state index in [1.165, 1.54) is 6.42 Å². The fourth-order valence-electron chi connectivity index (χ4n) is 4.78. The number of carbonyl (C=O) groups is 1. The third-order valence-corrected chi connectivity index (χ3v) is 6.57. The van der Waals surface area contributed by atoms with Crippen LogP contribution >= 0.6 is 0 Å². The second kappa shape index (κ2) is 7.04. The minimum Gasteiger partial charge on any atom is -0.384 e. The number of aromatic nitrogens is 5. The maximum absolute atomic E-state index is 12.7. The van der Waals surface area contributed by atoms with Gasteiger partial charge in [0.25, 0.3) is 5.91 Å². The molecule has 9 heteroatoms. The number of rotatable bonds is 5. The Balaban J connectivity index is 1.09. The summed E-state index contributed by atoms with van der Waals surface area (Å²) in [6.07, 6.45) is 10.1. The molecule has 0 aromatic carbocycles. The van der Waals surface area contributed by atoms with E-state index in [0.29, 0.717) is 17.9 Å². The van der Waals surface area contributed by atoms with Crippen LogP contribution in [0.4, 0.5) is 11.8 Å². The van der Waals surface area contributed by atoms with Gasteiger partial charge in [0.2, 0.25) is 5.95 Å². The van der Waals surface area contributed by atoms with Crippen molar-refractivity contribution in [3.8, 4) is 0 Å². The highest BCUT2D eigenvalue weighted by atomic mass is 16.1. The molecule has 3 N–H and O–H groups in total. The number of amides is 1. The molecule has 0 spiro atoms. The van der Waals surface area contributed by atoms with Gasteiger partial charge >= 0.3 is 0 Å². The number of nitrogens with zero attached hydrogens (tertiary/aromatic N) is 6. The Labute approximate surface area is 179 Å². The molecular weight excluding hydrogens is 392 g/mol. The summed E-state index contributed by atoms with van der Waals surface area (Å²) in [6.45, 7) is 2.68. The van der Waals surface area contributed by atoms with Gasteiger partial charge in [-0.2, -0.15) is 5.10 Å². The Kier molecular flexibility index (Phi) is 4.15. The van der Waals surface area contributed by atoms with E-state index in [1.54, 1.807) is 23.1 Å². The lowest BCUT2D eigenvalue weighted by Crippen LogP contribution is -2.26. The first-order valence-electron chi connectivity index (χ1n) is 10.8. The zero-order valence-electron chi connectivity index (χ0n) is 17.1. The van der Waals surface area contributed by atoms with Gasteiger partial charge in [-0.15, -0.1) is 0 Å². The third-order valence-electron chi connectivity index (χ3n) is 6.57. The zero-order valence-corrected chi connectivity index (χ0v) is 17.1. The number of nitrogens with one attached hydrogen (secondary N) is 1. The molecule has 3 atom stereocenters. The van der Waals surface area contributed by atoms with E-state index < -0.39 is 0 Å². The molecule has 2 unspecified atom stereocenters. The summed E-state index contributed by atoms with van der Waals surface area (Å²) in [5.74, 6) is 2.89. The lowest BCUT2D eigenvalue weighted by Gasteiger charge is -2.17. The lowest BCUT2D eigenvalue weighted by molar-refractivity contribution is 0.0936. The molecule has 3 aromatic heterocycles. The van der Waals surface area contributed by atoms with Crippen molar-refractivity contribution in [1.29, 1.82) is 0 Å². The molecule has 6 rings (SSSR count). The molecule has 4 heterocycles. The van der Waals surface area contributed by atoms with Crippen molar-refractivity contribution in [2.75, 3.05) is 23.7 Å². The van der Waals surface area contributed by atoms with Crippen LogP contribution in [0.25, 0.3) is 0 Å². The highest BCUT2D eigenvalue weighted by Crippen LogP contribution is 2.45. The molecule has 1 saturated heterocycles. The Morgan fingerprint density at radius 2 is 1.97 bits per heavy atom. The minimum absolute atomic E-state index is 0.0449. The molecule has 3 aromatic rings. The second-order valence-electron chi connectivity index (χ2n) is 8.82. The number of nitrogen functional groups attached to an aromatic ring is 1. The molecular formula is C22H24N8O. The van der Waals surface area contributed by atoms with Crippen molar-refractivity contribution in [2.45, 2.75) is 31.8 Å². The SMILES string of the molecule is Nc1ccc2c(n1)CC[C@H]2NC(=O)c1cnn(Cc2cnc(N3CC4CC4C3)nc2)c1. The number of piperidine rings is 1. The molecule has 31 heavy (non-hydrogen) atoms. The van der Waals surface area contributed by atoms with E-state index in [9.17, 15) is 4.79 Å². The van der Waals surface area contributed by atoms with Crippen LogP contribution in [0.3, 0.4) is 0 Å². The first-order valence-corrected chi connectivity index (χ1v) is 10.8. The first-order chi connectivity index (χ1) is 15.1. The Morgan fingerprint density at radius 3 is 2.77 bits per heavy atom. The standard InChI is InChI=1S/C22H24N8O/c23-20-4-1-17-18(27-20)2-3-19(17)28-21(31)16-8-26-30(12-16)9-13-6-24-22(25-7-13)29-10-14-5-15(14)11-29/h1,4,6-8,12,14-15,19H,2-3,5,9-11H2,(H2,23,27)(H,28,31)/t14?,15?,19-/m1/s1. The summed E-state index contributed by atoms with van der Waals surface area (Å²) in [4.78, 5) is 28.4. The van der Waals surface area contributed by atoms with E-state index in [4.69, 9.17) is 5.73 Å². The van der Waals surface area contributed by atoms with E-state index >= 15 is 0 Å². The average molecular weight is 416 g/mol. The number of hydrogen-bond acceptors (Lipinski definition) is 7. The van der Waals surface area contributed by atoms with E-state index in [1.807, 2.05) is 18.5 Å². The number of carbonyl (C=O) groups excluding carboxylic acids is 1. The lowest BCUT2D eigenvalue weighted by atomic mass is 10.1. The zero-order chi connectivity index (χ0) is 20.9. The second-order valence-corrected chi connectivity index (χ2v) is 8.82. The number of anilines is 2. The van der Waals surface area contributed by atoms with Gasteiger partial charge in [-0.1, -0.05) is 6.07 Å². The maximum Gasteiger partial charge on any atom is 0.254 e. The van der Waals surface area contributed by atoms with Gasteiger partial charge in [-0.3, -0.25) is 9.48 Å². The van der Waals surface area contributed by atoms with Crippen LogP contribution in [-0.4, -0.2) is 43.7 Å². The number of pyridine rings is 1. The van der Waals surface area contributed by atoms with Gasteiger partial charge in [0, 0.05) is 42.9 Å². The maximum atomic E-state index is 12.7. The third kappa shape index (κ3) is 3.49. The van der Waals surface area contributed by atoms with Crippen molar-refractivity contribution < 1.29 is 4.79 Å². The average Bonchev–Trinajstić information content (AvgIpc) is 3.14. The van der Waals surface area contributed by atoms with Crippen LogP contribution in [0.2, 0.25) is 0 Å². The number of aryl methyl sites for hydroxylation is 1. The highest BCUT2D eigenvalue weighted by molar-refractivity contribution is 5.94. The number of hydrogen-bond donors (Lipinski definition) is 2. The molecule has 2 fully saturated rings. The molecule has 0 radical (unpaired) electrons. The molecule has 1 saturated carbocycles. The van der Waals surface area contributed by atoms with Crippen molar-refractivity contribution in [3.63, 3.8) is 0 Å². The van der Waals surface area contributed by atoms with Crippen LogP contribution in [0, 0.1) is 11.8 Å². The molecule has 3 aliphatic rings. The fourth-order valence-corrected chi connectivity index (χ4v) is 4.78. The molecule has 9 nitrogen and oxygen atoms in total. The summed E-state index contributed by atoms with van der Waals surface area (Å²) in [6, 6.07) is 3.69. The van der Waals surface area contributed by atoms with Gasteiger partial charge in [0.05, 0.1) is 24.3 Å². The summed E-state index contributed by atoms with van der Waals surface area (Å²) >= 11 is 0. The van der Waals surface area contributed by atoms with Crippen LogP contribution in [-0.2, 0) is 13.0 Å². The van der Waals surface area contributed by atoms with Crippen molar-refractivity contribution in [1.82, 2.24) is 30.0 Å². The summed E-state index contributed by atoms with van der Waals surface area (Å²) in [5, 5.41) is 7.43. The van der Waals surface area contributed by atoms with Gasteiger partial charge in [0.1, 0.15) is 5.82 Å². The summed E-state index contributed by atoms with van der Waals surface area (Å²) < 4.78 is 1.74. The quantitative estimate of drug-likeness (QED) is 0.649. The normalized spacial score (nSPS) is 23.5. The minimum atomic E-state index is -0.139. The predicted octanol–water partition coefficient (Wildman–Crippen LogP) is 1.57. The van der Waals surface area contributed by atoms with Gasteiger partial charge < -0.3 is 16.0 Å². The molecule has 1 amide bonds. The van der Waals surface area contributed by atoms with Gasteiger partial charge in [0.15, 0.2) is 0 Å². The topological polar surface area (TPSA) is 115 Å². The van der Waals surface area contributed by atoms with Crippen LogP contribution < -0.4 is 16.0 Å². The number of fused-ring (bicyclic) bond motifs is 2. The van der Waals surface area contributed by atoms with Crippen molar-refractivity contribution >= 4 is 17.7 Å². The van der Waals surface area contributed by atoms with E-state index in [-0.39, 0.29) is 11.9 Å². The molecule has 2 aliphatic carbocycles. The Hall–Kier alpha value is -3.49.